The van der Waals surface area contributed by atoms with Crippen LogP contribution in [0.15, 0.2) is 41.6 Å². The maximum atomic E-state index is 10.9. The summed E-state index contributed by atoms with van der Waals surface area (Å²) in [7, 11) is -4.11. The molecule has 1 heterocycles. The molecule has 0 radical (unpaired) electrons. The predicted molar refractivity (Wildman–Crippen MR) is 98.0 cm³/mol. The first-order chi connectivity index (χ1) is 11.8. The van der Waals surface area contributed by atoms with Crippen LogP contribution >= 0.6 is 31.0 Å². The molecule has 2 aromatic carbocycles. The Morgan fingerprint density at radius 3 is 2.64 bits per heavy atom. The Kier molecular flexibility index (Phi) is 5.09. The van der Waals surface area contributed by atoms with E-state index in [0.29, 0.717) is 32.3 Å². The van der Waals surface area contributed by atoms with Crippen LogP contribution in [0, 0.1) is 11.8 Å². The summed E-state index contributed by atoms with van der Waals surface area (Å²) in [5, 5.41) is 10.5. The van der Waals surface area contributed by atoms with Crippen LogP contribution in [0.4, 0.5) is 0 Å². The molecule has 0 amide bonds. The van der Waals surface area contributed by atoms with Gasteiger partial charge in [0.05, 0.1) is 21.6 Å². The lowest BCUT2D eigenvalue weighted by Gasteiger charge is -1.99. The minimum Gasteiger partial charge on any atom is -0.507 e. The Hall–Kier alpha value is -1.94. The van der Waals surface area contributed by atoms with Crippen molar-refractivity contribution in [3.8, 4) is 17.6 Å². The molecule has 0 spiro atoms. The van der Waals surface area contributed by atoms with Crippen molar-refractivity contribution in [2.45, 2.75) is 5.16 Å². The second kappa shape index (κ2) is 7.12. The number of nitrogens with one attached hydrogen (secondary N) is 1. The molecule has 0 aliphatic carbocycles. The highest BCUT2D eigenvalue weighted by molar-refractivity contribution is 8.04. The highest BCUT2D eigenvalue weighted by atomic mass is 35.5. The SMILES string of the molecule is O=P(O)(O)CSc1nc2cc(C#Cc3ccccc3O)c(Cl)cc2[nH]1. The van der Waals surface area contributed by atoms with Crippen LogP contribution in [0.2, 0.25) is 5.02 Å². The fourth-order valence-corrected chi connectivity index (χ4v) is 3.75. The van der Waals surface area contributed by atoms with Gasteiger partial charge in [-0.2, -0.15) is 0 Å². The maximum absolute atomic E-state index is 10.9. The van der Waals surface area contributed by atoms with Crippen LogP contribution < -0.4 is 0 Å². The number of thioether (sulfide) groups is 1. The summed E-state index contributed by atoms with van der Waals surface area (Å²) in [6, 6.07) is 10.1. The molecular formula is C16H12ClN2O4PS. The average molecular weight is 395 g/mol. The molecular weight excluding hydrogens is 383 g/mol. The minimum atomic E-state index is -4.11. The largest absolute Gasteiger partial charge is 0.507 e. The molecule has 0 bridgehead atoms. The highest BCUT2D eigenvalue weighted by Gasteiger charge is 2.15. The van der Waals surface area contributed by atoms with Crippen molar-refractivity contribution in [1.82, 2.24) is 9.97 Å². The normalized spacial score (nSPS) is 11.3. The second-order valence-electron chi connectivity index (χ2n) is 5.10. The number of aromatic amines is 1. The molecule has 128 valence electrons. The van der Waals surface area contributed by atoms with Gasteiger partial charge in [-0.1, -0.05) is 47.3 Å². The Balaban J connectivity index is 1.92. The van der Waals surface area contributed by atoms with E-state index in [1.165, 1.54) is 0 Å². The van der Waals surface area contributed by atoms with Crippen molar-refractivity contribution in [3.05, 3.63) is 52.5 Å². The van der Waals surface area contributed by atoms with Gasteiger partial charge in [-0.25, -0.2) is 4.98 Å². The van der Waals surface area contributed by atoms with E-state index in [-0.39, 0.29) is 11.2 Å². The number of phenols is 1. The van der Waals surface area contributed by atoms with E-state index >= 15 is 0 Å². The van der Waals surface area contributed by atoms with E-state index in [1.54, 1.807) is 36.4 Å². The number of rotatable bonds is 3. The zero-order chi connectivity index (χ0) is 18.0. The molecule has 0 fully saturated rings. The molecule has 3 rings (SSSR count). The minimum absolute atomic E-state index is 0.0862. The van der Waals surface area contributed by atoms with E-state index in [0.717, 1.165) is 11.8 Å². The van der Waals surface area contributed by atoms with Gasteiger partial charge in [-0.15, -0.1) is 0 Å². The molecule has 0 aliphatic heterocycles. The quantitative estimate of drug-likeness (QED) is 0.307. The summed E-state index contributed by atoms with van der Waals surface area (Å²) in [6.45, 7) is 0. The zero-order valence-corrected chi connectivity index (χ0v) is 15.1. The number of hydrogen-bond donors (Lipinski definition) is 4. The van der Waals surface area contributed by atoms with Crippen molar-refractivity contribution in [2.24, 2.45) is 0 Å². The lowest BCUT2D eigenvalue weighted by molar-refractivity contribution is 0.379. The molecule has 0 saturated heterocycles. The van der Waals surface area contributed by atoms with Gasteiger partial charge in [0.1, 0.15) is 11.2 Å². The van der Waals surface area contributed by atoms with Crippen molar-refractivity contribution < 1.29 is 19.5 Å². The van der Waals surface area contributed by atoms with E-state index in [4.69, 9.17) is 21.4 Å². The molecule has 0 saturated carbocycles. The van der Waals surface area contributed by atoms with Crippen LogP contribution in [0.25, 0.3) is 11.0 Å². The number of para-hydroxylation sites is 1. The molecule has 1 aromatic heterocycles. The van der Waals surface area contributed by atoms with E-state index in [2.05, 4.69) is 21.8 Å². The molecule has 0 unspecified atom stereocenters. The standard InChI is InChI=1S/C16H12ClN2O4PS/c17-12-8-14-13(18-16(19-14)25-9-24(21,22)23)7-11(12)6-5-10-3-1-2-4-15(10)20/h1-4,7-8,20H,9H2,(H,18,19)(H2,21,22,23). The number of halogens is 1. The first-order valence-corrected chi connectivity index (χ1v) is 10.1. The number of aromatic nitrogens is 2. The van der Waals surface area contributed by atoms with Gasteiger partial charge in [0, 0.05) is 5.56 Å². The molecule has 0 atom stereocenters. The molecule has 25 heavy (non-hydrogen) atoms. The summed E-state index contributed by atoms with van der Waals surface area (Å²) in [6.07, 6.45) is 0. The highest BCUT2D eigenvalue weighted by Crippen LogP contribution is 2.40. The van der Waals surface area contributed by atoms with Gasteiger partial charge < -0.3 is 19.9 Å². The maximum Gasteiger partial charge on any atom is 0.335 e. The lowest BCUT2D eigenvalue weighted by Crippen LogP contribution is -1.83. The second-order valence-corrected chi connectivity index (χ2v) is 8.54. The first-order valence-electron chi connectivity index (χ1n) is 6.98. The number of benzene rings is 2. The number of nitrogens with zero attached hydrogens (tertiary/aromatic N) is 1. The van der Waals surface area contributed by atoms with Crippen molar-refractivity contribution >= 4 is 42.0 Å². The molecule has 4 N–H and O–H groups in total. The number of phenolic OH excluding ortho intramolecular Hbond substituents is 1. The smallest absolute Gasteiger partial charge is 0.335 e. The summed E-state index contributed by atoms with van der Waals surface area (Å²) < 4.78 is 10.9. The number of hydrogen-bond acceptors (Lipinski definition) is 4. The van der Waals surface area contributed by atoms with Crippen LogP contribution in [-0.4, -0.2) is 30.4 Å². The number of fused-ring (bicyclic) bond motifs is 1. The van der Waals surface area contributed by atoms with Crippen molar-refractivity contribution in [2.75, 3.05) is 5.49 Å². The van der Waals surface area contributed by atoms with E-state index in [1.807, 2.05) is 0 Å². The van der Waals surface area contributed by atoms with Gasteiger partial charge >= 0.3 is 7.60 Å². The van der Waals surface area contributed by atoms with Crippen molar-refractivity contribution in [1.29, 1.82) is 0 Å². The Labute approximate surface area is 152 Å². The van der Waals surface area contributed by atoms with Gasteiger partial charge in [0.15, 0.2) is 5.16 Å². The summed E-state index contributed by atoms with van der Waals surface area (Å²) >= 11 is 7.16. The summed E-state index contributed by atoms with van der Waals surface area (Å²) in [5.41, 5.74) is 1.89. The molecule has 9 heteroatoms. The Morgan fingerprint density at radius 1 is 1.20 bits per heavy atom. The van der Waals surface area contributed by atoms with Crippen LogP contribution in [0.5, 0.6) is 5.75 Å². The molecule has 0 aliphatic rings. The van der Waals surface area contributed by atoms with Gasteiger partial charge in [-0.3, -0.25) is 4.57 Å². The number of imidazole rings is 1. The predicted octanol–water partition coefficient (Wildman–Crippen LogP) is 3.55. The number of aromatic hydroxyl groups is 1. The molecule has 6 nitrogen and oxygen atoms in total. The van der Waals surface area contributed by atoms with Gasteiger partial charge in [0.2, 0.25) is 0 Å². The summed E-state index contributed by atoms with van der Waals surface area (Å²) in [4.78, 5) is 25.1. The van der Waals surface area contributed by atoms with E-state index in [9.17, 15) is 9.67 Å². The van der Waals surface area contributed by atoms with E-state index < -0.39 is 7.60 Å². The van der Waals surface area contributed by atoms with Gasteiger partial charge in [0.25, 0.3) is 0 Å². The van der Waals surface area contributed by atoms with Crippen LogP contribution in [-0.2, 0) is 4.57 Å². The Morgan fingerprint density at radius 2 is 1.92 bits per heavy atom. The van der Waals surface area contributed by atoms with Gasteiger partial charge in [-0.05, 0) is 24.3 Å². The first kappa shape index (κ1) is 17.9. The fraction of sp³-hybridized carbons (Fsp3) is 0.0625. The third kappa shape index (κ3) is 4.57. The number of H-pyrrole nitrogens is 1. The summed E-state index contributed by atoms with van der Waals surface area (Å²) in [5.74, 6) is 5.84. The fourth-order valence-electron chi connectivity index (χ4n) is 2.03. The Bertz CT molecular complexity index is 1050. The zero-order valence-electron chi connectivity index (χ0n) is 12.6. The van der Waals surface area contributed by atoms with Crippen molar-refractivity contribution in [3.63, 3.8) is 0 Å². The third-order valence-electron chi connectivity index (χ3n) is 3.15. The van der Waals surface area contributed by atoms with Crippen LogP contribution in [0.1, 0.15) is 11.1 Å². The topological polar surface area (TPSA) is 106 Å². The third-order valence-corrected chi connectivity index (χ3v) is 5.80. The van der Waals surface area contributed by atoms with Crippen LogP contribution in [0.3, 0.4) is 0 Å². The molecule has 3 aromatic rings. The monoisotopic (exact) mass is 394 g/mol. The lowest BCUT2D eigenvalue weighted by atomic mass is 10.1. The average Bonchev–Trinajstić information content (AvgIpc) is 2.93.